The van der Waals surface area contributed by atoms with Gasteiger partial charge >= 0.3 is 6.09 Å². The van der Waals surface area contributed by atoms with Crippen molar-refractivity contribution in [3.05, 3.63) is 96.2 Å². The maximum atomic E-state index is 13.2. The maximum Gasteiger partial charge on any atom is 0.408 e. The van der Waals surface area contributed by atoms with Gasteiger partial charge in [0.1, 0.15) is 12.6 Å². The van der Waals surface area contributed by atoms with Crippen molar-refractivity contribution < 1.29 is 14.3 Å². The van der Waals surface area contributed by atoms with Crippen LogP contribution in [0, 0.1) is 0 Å². The van der Waals surface area contributed by atoms with Gasteiger partial charge in [0.2, 0.25) is 5.91 Å². The summed E-state index contributed by atoms with van der Waals surface area (Å²) in [6.45, 7) is 0.129. The lowest BCUT2D eigenvalue weighted by Crippen LogP contribution is -2.45. The fourth-order valence-corrected chi connectivity index (χ4v) is 4.03. The van der Waals surface area contributed by atoms with Crippen LogP contribution in [0.4, 0.5) is 10.5 Å². The van der Waals surface area contributed by atoms with Crippen LogP contribution in [-0.4, -0.2) is 29.3 Å². The Bertz CT molecular complexity index is 1240. The van der Waals surface area contributed by atoms with Crippen molar-refractivity contribution in [1.29, 1.82) is 0 Å². The van der Waals surface area contributed by atoms with Gasteiger partial charge < -0.3 is 20.4 Å². The lowest BCUT2D eigenvalue weighted by atomic mass is 10.0. The molecule has 0 radical (unpaired) electrons. The highest BCUT2D eigenvalue weighted by molar-refractivity contribution is 7.98. The zero-order valence-corrected chi connectivity index (χ0v) is 19.0. The molecule has 0 fully saturated rings. The van der Waals surface area contributed by atoms with Crippen LogP contribution in [-0.2, 0) is 22.6 Å². The summed E-state index contributed by atoms with van der Waals surface area (Å²) in [6.07, 6.45) is 3.52. The van der Waals surface area contributed by atoms with E-state index >= 15 is 0 Å². The number of hydrogen-bond donors (Lipinski definition) is 3. The molecule has 6 nitrogen and oxygen atoms in total. The van der Waals surface area contributed by atoms with Gasteiger partial charge in [0, 0.05) is 34.1 Å². The van der Waals surface area contributed by atoms with Gasteiger partial charge in [-0.15, -0.1) is 11.8 Å². The second kappa shape index (κ2) is 10.7. The average molecular weight is 460 g/mol. The average Bonchev–Trinajstić information content (AvgIpc) is 3.26. The zero-order chi connectivity index (χ0) is 23.0. The van der Waals surface area contributed by atoms with E-state index in [1.807, 2.05) is 91.3 Å². The molecular formula is C26H25N3O3S. The lowest BCUT2D eigenvalue weighted by molar-refractivity contribution is -0.118. The molecule has 0 aliphatic carbocycles. The number of anilines is 1. The van der Waals surface area contributed by atoms with Crippen LogP contribution >= 0.6 is 11.8 Å². The Kier molecular flexibility index (Phi) is 7.32. The van der Waals surface area contributed by atoms with Gasteiger partial charge in [0.15, 0.2) is 0 Å². The van der Waals surface area contributed by atoms with Gasteiger partial charge in [-0.2, -0.15) is 0 Å². The molecule has 1 atom stereocenters. The fraction of sp³-hybridized carbons (Fsp3) is 0.154. The number of nitrogens with one attached hydrogen (secondary N) is 3. The van der Waals surface area contributed by atoms with E-state index in [1.54, 1.807) is 11.8 Å². The zero-order valence-electron chi connectivity index (χ0n) is 18.2. The van der Waals surface area contributed by atoms with Crippen LogP contribution in [0.15, 0.2) is 90.0 Å². The number of aromatic nitrogens is 1. The highest BCUT2D eigenvalue weighted by atomic mass is 32.2. The highest BCUT2D eigenvalue weighted by Crippen LogP contribution is 2.21. The first kappa shape index (κ1) is 22.5. The molecule has 1 unspecified atom stereocenters. The van der Waals surface area contributed by atoms with E-state index in [-0.39, 0.29) is 12.5 Å². The molecule has 4 aromatic rings. The molecule has 7 heteroatoms. The molecule has 3 aromatic carbocycles. The van der Waals surface area contributed by atoms with Gasteiger partial charge in [-0.3, -0.25) is 4.79 Å². The summed E-state index contributed by atoms with van der Waals surface area (Å²) in [4.78, 5) is 30.0. The number of alkyl carbamates (subject to hydrolysis) is 1. The number of benzene rings is 3. The summed E-state index contributed by atoms with van der Waals surface area (Å²) in [7, 11) is 0. The second-order valence-electron chi connectivity index (χ2n) is 7.54. The number of thioether (sulfide) groups is 1. The summed E-state index contributed by atoms with van der Waals surface area (Å²) in [5, 5.41) is 6.68. The molecule has 4 rings (SSSR count). The molecule has 3 N–H and O–H groups in total. The van der Waals surface area contributed by atoms with Crippen molar-refractivity contribution in [3.63, 3.8) is 0 Å². The minimum absolute atomic E-state index is 0.129. The van der Waals surface area contributed by atoms with E-state index in [1.165, 1.54) is 0 Å². The summed E-state index contributed by atoms with van der Waals surface area (Å²) >= 11 is 1.59. The standard InChI is InChI=1S/C26H25N3O3S/c1-33-21-11-7-10-20(15-21)28-25(30)24(14-19-16-27-23-13-6-5-12-22(19)23)29-26(31)32-17-18-8-3-2-4-9-18/h2-13,15-16,24,27H,14,17H2,1H3,(H,28,30)(H,29,31). The number of hydrogen-bond acceptors (Lipinski definition) is 4. The third-order valence-corrected chi connectivity index (χ3v) is 5.98. The Morgan fingerprint density at radius 1 is 1.00 bits per heavy atom. The number of carbonyl (C=O) groups excluding carboxylic acids is 2. The van der Waals surface area contributed by atoms with Gasteiger partial charge in [-0.25, -0.2) is 4.79 Å². The highest BCUT2D eigenvalue weighted by Gasteiger charge is 2.23. The van der Waals surface area contributed by atoms with Crippen molar-refractivity contribution in [3.8, 4) is 0 Å². The normalized spacial score (nSPS) is 11.7. The van der Waals surface area contributed by atoms with E-state index in [9.17, 15) is 9.59 Å². The molecule has 1 heterocycles. The number of ether oxygens (including phenoxy) is 1. The molecule has 0 aliphatic rings. The number of para-hydroxylation sites is 1. The molecule has 0 spiro atoms. The minimum Gasteiger partial charge on any atom is -0.445 e. The maximum absolute atomic E-state index is 13.2. The summed E-state index contributed by atoms with van der Waals surface area (Å²) in [6, 6.07) is 24.1. The Morgan fingerprint density at radius 3 is 2.61 bits per heavy atom. The third-order valence-electron chi connectivity index (χ3n) is 5.26. The number of carbonyl (C=O) groups is 2. The van der Waals surface area contributed by atoms with Gasteiger partial charge in [0.25, 0.3) is 0 Å². The first-order valence-electron chi connectivity index (χ1n) is 10.6. The predicted molar refractivity (Wildman–Crippen MR) is 132 cm³/mol. The van der Waals surface area contributed by atoms with Crippen LogP contribution in [0.1, 0.15) is 11.1 Å². The van der Waals surface area contributed by atoms with Crippen molar-refractivity contribution >= 4 is 40.4 Å². The van der Waals surface area contributed by atoms with Crippen LogP contribution < -0.4 is 10.6 Å². The molecule has 2 amide bonds. The monoisotopic (exact) mass is 459 g/mol. The van der Waals surface area contributed by atoms with Crippen LogP contribution in [0.2, 0.25) is 0 Å². The summed E-state index contributed by atoms with van der Waals surface area (Å²) in [5.74, 6) is -0.310. The molecule has 33 heavy (non-hydrogen) atoms. The summed E-state index contributed by atoms with van der Waals surface area (Å²) < 4.78 is 5.36. The largest absolute Gasteiger partial charge is 0.445 e. The lowest BCUT2D eigenvalue weighted by Gasteiger charge is -2.18. The fourth-order valence-electron chi connectivity index (χ4n) is 3.57. The molecule has 0 saturated carbocycles. The molecular weight excluding hydrogens is 434 g/mol. The van der Waals surface area contributed by atoms with Gasteiger partial charge in [0.05, 0.1) is 0 Å². The number of aromatic amines is 1. The summed E-state index contributed by atoms with van der Waals surface area (Å²) in [5.41, 5.74) is 3.47. The number of fused-ring (bicyclic) bond motifs is 1. The first-order valence-corrected chi connectivity index (χ1v) is 11.8. The first-order chi connectivity index (χ1) is 16.1. The molecule has 0 aliphatic heterocycles. The Hall–Kier alpha value is -3.71. The SMILES string of the molecule is CSc1cccc(NC(=O)C(Cc2c[nH]c3ccccc23)NC(=O)OCc2ccccc2)c1. The molecule has 0 bridgehead atoms. The number of H-pyrrole nitrogens is 1. The molecule has 0 saturated heterocycles. The molecule has 168 valence electrons. The van der Waals surface area contributed by atoms with Crippen LogP contribution in [0.25, 0.3) is 10.9 Å². The second-order valence-corrected chi connectivity index (χ2v) is 8.42. The molecule has 1 aromatic heterocycles. The quantitative estimate of drug-likeness (QED) is 0.310. The minimum atomic E-state index is -0.814. The van der Waals surface area contributed by atoms with Gasteiger partial charge in [-0.1, -0.05) is 54.6 Å². The third kappa shape index (κ3) is 5.96. The van der Waals surface area contributed by atoms with E-state index in [2.05, 4.69) is 15.6 Å². The van der Waals surface area contributed by atoms with Crippen LogP contribution in [0.3, 0.4) is 0 Å². The number of rotatable bonds is 8. The van der Waals surface area contributed by atoms with Crippen molar-refractivity contribution in [1.82, 2.24) is 10.3 Å². The Labute approximate surface area is 196 Å². The van der Waals surface area contributed by atoms with E-state index in [0.29, 0.717) is 12.1 Å². The van der Waals surface area contributed by atoms with Crippen LogP contribution in [0.5, 0.6) is 0 Å². The topological polar surface area (TPSA) is 83.2 Å². The van der Waals surface area contributed by atoms with Crippen molar-refractivity contribution in [2.45, 2.75) is 24.0 Å². The Morgan fingerprint density at radius 2 is 1.79 bits per heavy atom. The van der Waals surface area contributed by atoms with Gasteiger partial charge in [-0.05, 0) is 41.6 Å². The van der Waals surface area contributed by atoms with E-state index < -0.39 is 12.1 Å². The predicted octanol–water partition coefficient (Wildman–Crippen LogP) is 5.37. The number of amides is 2. The smallest absolute Gasteiger partial charge is 0.408 e. The Balaban J connectivity index is 1.50. The van der Waals surface area contributed by atoms with E-state index in [4.69, 9.17) is 4.74 Å². The van der Waals surface area contributed by atoms with Crippen molar-refractivity contribution in [2.75, 3.05) is 11.6 Å². The van der Waals surface area contributed by atoms with E-state index in [0.717, 1.165) is 26.9 Å². The van der Waals surface area contributed by atoms with Crippen molar-refractivity contribution in [2.24, 2.45) is 0 Å².